The normalized spacial score (nSPS) is 16.0. The molecule has 6 heteroatoms. The highest BCUT2D eigenvalue weighted by molar-refractivity contribution is 6.30. The van der Waals surface area contributed by atoms with Gasteiger partial charge in [0, 0.05) is 30.2 Å². The van der Waals surface area contributed by atoms with Crippen LogP contribution in [0, 0.1) is 0 Å². The second kappa shape index (κ2) is 9.92. The number of morpholine rings is 1. The summed E-state index contributed by atoms with van der Waals surface area (Å²) in [6, 6.07) is 15.1. The number of rotatable bonds is 7. The third-order valence-electron chi connectivity index (χ3n) is 4.69. The Balaban J connectivity index is 1.66. The van der Waals surface area contributed by atoms with Crippen molar-refractivity contribution in [3.05, 3.63) is 64.7 Å². The third-order valence-corrected chi connectivity index (χ3v) is 4.94. The minimum absolute atomic E-state index is 0.0775. The van der Waals surface area contributed by atoms with Gasteiger partial charge in [0.1, 0.15) is 5.75 Å². The monoisotopic (exact) mass is 402 g/mol. The molecule has 2 aromatic carbocycles. The molecule has 150 valence electrons. The highest BCUT2D eigenvalue weighted by Gasteiger charge is 2.23. The second-order valence-electron chi connectivity index (χ2n) is 7.12. The van der Waals surface area contributed by atoms with E-state index < -0.39 is 0 Å². The molecular weight excluding hydrogens is 376 g/mol. The van der Waals surface area contributed by atoms with E-state index in [2.05, 4.69) is 10.2 Å². The van der Waals surface area contributed by atoms with Gasteiger partial charge >= 0.3 is 0 Å². The lowest BCUT2D eigenvalue weighted by Crippen LogP contribution is -2.43. The van der Waals surface area contributed by atoms with Gasteiger partial charge in [0.25, 0.3) is 5.91 Å². The summed E-state index contributed by atoms with van der Waals surface area (Å²) in [7, 11) is 0. The van der Waals surface area contributed by atoms with Gasteiger partial charge in [-0.15, -0.1) is 0 Å². The summed E-state index contributed by atoms with van der Waals surface area (Å²) >= 11 is 6.04. The molecule has 1 N–H and O–H groups in total. The van der Waals surface area contributed by atoms with Crippen molar-refractivity contribution < 1.29 is 14.3 Å². The van der Waals surface area contributed by atoms with Crippen LogP contribution in [0.2, 0.25) is 5.02 Å². The number of nitrogens with zero attached hydrogens (tertiary/aromatic N) is 1. The predicted octanol–water partition coefficient (Wildman–Crippen LogP) is 3.93. The molecule has 1 heterocycles. The van der Waals surface area contributed by atoms with Crippen molar-refractivity contribution in [2.24, 2.45) is 0 Å². The van der Waals surface area contributed by atoms with Crippen LogP contribution in [0.5, 0.6) is 5.75 Å². The van der Waals surface area contributed by atoms with Crippen molar-refractivity contribution >= 4 is 17.5 Å². The Kier molecular flexibility index (Phi) is 7.31. The topological polar surface area (TPSA) is 50.8 Å². The highest BCUT2D eigenvalue weighted by Crippen LogP contribution is 2.23. The van der Waals surface area contributed by atoms with Crippen molar-refractivity contribution in [3.8, 4) is 5.75 Å². The van der Waals surface area contributed by atoms with E-state index in [1.807, 2.05) is 50.2 Å². The van der Waals surface area contributed by atoms with E-state index in [9.17, 15) is 4.79 Å². The van der Waals surface area contributed by atoms with Crippen molar-refractivity contribution in [1.29, 1.82) is 0 Å². The molecule has 0 aromatic heterocycles. The average Bonchev–Trinajstić information content (AvgIpc) is 2.70. The fraction of sp³-hybridized carbons (Fsp3) is 0.409. The number of halogens is 1. The first-order valence-corrected chi connectivity index (χ1v) is 10.0. The summed E-state index contributed by atoms with van der Waals surface area (Å²) in [5, 5.41) is 3.78. The molecule has 1 aliphatic heterocycles. The van der Waals surface area contributed by atoms with Gasteiger partial charge in [0.15, 0.2) is 0 Å². The van der Waals surface area contributed by atoms with Crippen molar-refractivity contribution in [1.82, 2.24) is 10.2 Å². The number of carbonyl (C=O) groups excluding carboxylic acids is 1. The Morgan fingerprint density at radius 1 is 1.11 bits per heavy atom. The molecule has 0 bridgehead atoms. The first kappa shape index (κ1) is 20.6. The number of carbonyl (C=O) groups is 1. The molecule has 2 aromatic rings. The summed E-state index contributed by atoms with van der Waals surface area (Å²) < 4.78 is 11.1. The van der Waals surface area contributed by atoms with E-state index in [0.717, 1.165) is 24.4 Å². The Morgan fingerprint density at radius 3 is 2.36 bits per heavy atom. The SMILES string of the molecule is CC(C)Oc1ccc(C(=O)NC[C@@H](c2ccc(Cl)cc2)N2CCOCC2)cc1. The van der Waals surface area contributed by atoms with Crippen LogP contribution in [-0.4, -0.2) is 49.8 Å². The number of benzene rings is 2. The molecular formula is C22H27ClN2O3. The lowest BCUT2D eigenvalue weighted by molar-refractivity contribution is 0.0162. The van der Waals surface area contributed by atoms with E-state index in [4.69, 9.17) is 21.1 Å². The maximum absolute atomic E-state index is 12.6. The fourth-order valence-corrected chi connectivity index (χ4v) is 3.41. The lowest BCUT2D eigenvalue weighted by Gasteiger charge is -2.35. The number of hydrogen-bond donors (Lipinski definition) is 1. The molecule has 3 rings (SSSR count). The molecule has 0 saturated carbocycles. The molecule has 0 unspecified atom stereocenters. The summed E-state index contributed by atoms with van der Waals surface area (Å²) in [5.74, 6) is 0.669. The Hall–Kier alpha value is -2.08. The molecule has 5 nitrogen and oxygen atoms in total. The Morgan fingerprint density at radius 2 is 1.75 bits per heavy atom. The zero-order valence-corrected chi connectivity index (χ0v) is 17.1. The zero-order valence-electron chi connectivity index (χ0n) is 16.4. The molecule has 0 aliphatic carbocycles. The maximum atomic E-state index is 12.6. The molecule has 1 aliphatic rings. The van der Waals surface area contributed by atoms with Crippen LogP contribution in [-0.2, 0) is 4.74 Å². The van der Waals surface area contributed by atoms with Gasteiger partial charge in [-0.1, -0.05) is 23.7 Å². The number of amides is 1. The van der Waals surface area contributed by atoms with Crippen LogP contribution in [0.25, 0.3) is 0 Å². The fourth-order valence-electron chi connectivity index (χ4n) is 3.28. The Labute approximate surface area is 171 Å². The Bertz CT molecular complexity index is 756. The molecule has 28 heavy (non-hydrogen) atoms. The summed E-state index contributed by atoms with van der Waals surface area (Å²) in [4.78, 5) is 15.0. The molecule has 1 atom stereocenters. The van der Waals surface area contributed by atoms with Crippen LogP contribution in [0.1, 0.15) is 35.8 Å². The lowest BCUT2D eigenvalue weighted by atomic mass is 10.0. The summed E-state index contributed by atoms with van der Waals surface area (Å²) in [6.07, 6.45) is 0.105. The van der Waals surface area contributed by atoms with E-state index in [1.165, 1.54) is 0 Å². The molecule has 1 fully saturated rings. The van der Waals surface area contributed by atoms with Gasteiger partial charge in [0.2, 0.25) is 0 Å². The van der Waals surface area contributed by atoms with Crippen LogP contribution in [0.15, 0.2) is 48.5 Å². The van der Waals surface area contributed by atoms with Gasteiger partial charge in [-0.25, -0.2) is 0 Å². The first-order valence-electron chi connectivity index (χ1n) is 9.65. The highest BCUT2D eigenvalue weighted by atomic mass is 35.5. The minimum atomic E-state index is -0.0941. The van der Waals surface area contributed by atoms with Crippen molar-refractivity contribution in [2.45, 2.75) is 26.0 Å². The van der Waals surface area contributed by atoms with Gasteiger partial charge in [-0.05, 0) is 55.8 Å². The van der Waals surface area contributed by atoms with Gasteiger partial charge in [0.05, 0.1) is 25.4 Å². The minimum Gasteiger partial charge on any atom is -0.491 e. The molecule has 1 saturated heterocycles. The predicted molar refractivity (Wildman–Crippen MR) is 111 cm³/mol. The van der Waals surface area contributed by atoms with Gasteiger partial charge in [-0.3, -0.25) is 9.69 Å². The molecule has 1 amide bonds. The quantitative estimate of drug-likeness (QED) is 0.762. The second-order valence-corrected chi connectivity index (χ2v) is 7.55. The van der Waals surface area contributed by atoms with Crippen LogP contribution in [0.3, 0.4) is 0 Å². The van der Waals surface area contributed by atoms with Crippen LogP contribution >= 0.6 is 11.6 Å². The van der Waals surface area contributed by atoms with E-state index in [0.29, 0.717) is 30.3 Å². The standard InChI is InChI=1S/C22H27ClN2O3/c1-16(2)28-20-9-5-18(6-10-20)22(26)24-15-21(25-11-13-27-14-12-25)17-3-7-19(23)8-4-17/h3-10,16,21H,11-15H2,1-2H3,(H,24,26)/t21-/m0/s1. The maximum Gasteiger partial charge on any atom is 0.251 e. The van der Waals surface area contributed by atoms with E-state index in [-0.39, 0.29) is 18.1 Å². The smallest absolute Gasteiger partial charge is 0.251 e. The van der Waals surface area contributed by atoms with Crippen LogP contribution < -0.4 is 10.1 Å². The number of hydrogen-bond acceptors (Lipinski definition) is 4. The molecule has 0 radical (unpaired) electrons. The summed E-state index contributed by atoms with van der Waals surface area (Å²) in [5.41, 5.74) is 1.75. The number of nitrogens with one attached hydrogen (secondary N) is 1. The first-order chi connectivity index (χ1) is 13.5. The third kappa shape index (κ3) is 5.71. The molecule has 0 spiro atoms. The van der Waals surface area contributed by atoms with Crippen LogP contribution in [0.4, 0.5) is 0 Å². The van der Waals surface area contributed by atoms with E-state index in [1.54, 1.807) is 12.1 Å². The zero-order chi connectivity index (χ0) is 19.9. The van der Waals surface area contributed by atoms with E-state index >= 15 is 0 Å². The number of ether oxygens (including phenoxy) is 2. The largest absolute Gasteiger partial charge is 0.491 e. The van der Waals surface area contributed by atoms with Crippen molar-refractivity contribution in [3.63, 3.8) is 0 Å². The van der Waals surface area contributed by atoms with Crippen molar-refractivity contribution in [2.75, 3.05) is 32.8 Å². The average molecular weight is 403 g/mol. The van der Waals surface area contributed by atoms with Gasteiger partial charge < -0.3 is 14.8 Å². The van der Waals surface area contributed by atoms with Gasteiger partial charge in [-0.2, -0.15) is 0 Å². The summed E-state index contributed by atoms with van der Waals surface area (Å²) in [6.45, 7) is 7.55.